The Balaban J connectivity index is 1.55. The van der Waals surface area contributed by atoms with Crippen LogP contribution in [0.2, 0.25) is 0 Å². The molecule has 1 saturated carbocycles. The summed E-state index contributed by atoms with van der Waals surface area (Å²) in [6.07, 6.45) is 6.70. The zero-order valence-corrected chi connectivity index (χ0v) is 14.2. The standard InChI is InChI=1S/C18H18N6O2/c1-24-10-8-16(23-24)22-18(25)26-17-15(20-13-3-2-9-19-11-13)7-6-14(21-17)12-4-5-12/h2-3,6-12,20H,4-5H2,1H3,(H,22,23,25). The number of ether oxygens (including phenoxy) is 1. The van der Waals surface area contributed by atoms with Gasteiger partial charge in [-0.1, -0.05) is 0 Å². The van der Waals surface area contributed by atoms with E-state index < -0.39 is 6.09 Å². The Bertz CT molecular complexity index is 920. The first-order valence-electron chi connectivity index (χ1n) is 8.34. The van der Waals surface area contributed by atoms with Gasteiger partial charge in [-0.05, 0) is 37.1 Å². The van der Waals surface area contributed by atoms with Crippen LogP contribution in [0.4, 0.5) is 22.0 Å². The van der Waals surface area contributed by atoms with Gasteiger partial charge in [0.05, 0.1) is 11.9 Å². The summed E-state index contributed by atoms with van der Waals surface area (Å²) in [5.74, 6) is 1.09. The van der Waals surface area contributed by atoms with E-state index in [2.05, 4.69) is 25.7 Å². The van der Waals surface area contributed by atoms with Crippen LogP contribution < -0.4 is 15.4 Å². The van der Waals surface area contributed by atoms with Crippen LogP contribution in [0.25, 0.3) is 0 Å². The second kappa shape index (κ2) is 6.83. The van der Waals surface area contributed by atoms with Crippen molar-refractivity contribution in [2.45, 2.75) is 18.8 Å². The van der Waals surface area contributed by atoms with E-state index in [1.54, 1.807) is 36.4 Å². The van der Waals surface area contributed by atoms with Crippen molar-refractivity contribution >= 4 is 23.3 Å². The molecule has 0 saturated heterocycles. The lowest BCUT2D eigenvalue weighted by Crippen LogP contribution is -2.18. The highest BCUT2D eigenvalue weighted by atomic mass is 16.6. The maximum Gasteiger partial charge on any atom is 0.419 e. The molecule has 3 heterocycles. The fourth-order valence-corrected chi connectivity index (χ4v) is 2.53. The summed E-state index contributed by atoms with van der Waals surface area (Å²) >= 11 is 0. The Labute approximate surface area is 150 Å². The fourth-order valence-electron chi connectivity index (χ4n) is 2.53. The molecular formula is C18H18N6O2. The zero-order chi connectivity index (χ0) is 17.9. The average molecular weight is 350 g/mol. The van der Waals surface area contributed by atoms with E-state index in [0.717, 1.165) is 24.2 Å². The number of anilines is 3. The molecule has 0 unspecified atom stereocenters. The molecule has 8 heteroatoms. The lowest BCUT2D eigenvalue weighted by atomic mass is 10.2. The average Bonchev–Trinajstić information content (AvgIpc) is 3.40. The molecule has 1 aliphatic rings. The first-order valence-corrected chi connectivity index (χ1v) is 8.34. The van der Waals surface area contributed by atoms with Gasteiger partial charge in [0.25, 0.3) is 0 Å². The molecule has 1 aliphatic carbocycles. The Kier molecular flexibility index (Phi) is 4.22. The predicted octanol–water partition coefficient (Wildman–Crippen LogP) is 3.44. The molecule has 1 fully saturated rings. The van der Waals surface area contributed by atoms with Crippen LogP contribution in [0.5, 0.6) is 5.88 Å². The van der Waals surface area contributed by atoms with Gasteiger partial charge in [0.1, 0.15) is 5.69 Å². The quantitative estimate of drug-likeness (QED) is 0.732. The smallest absolute Gasteiger partial charge is 0.389 e. The van der Waals surface area contributed by atoms with Crippen LogP contribution in [0.3, 0.4) is 0 Å². The number of aromatic nitrogens is 4. The summed E-state index contributed by atoms with van der Waals surface area (Å²) < 4.78 is 7.05. The van der Waals surface area contributed by atoms with E-state index in [-0.39, 0.29) is 5.88 Å². The molecule has 2 N–H and O–H groups in total. The first-order chi connectivity index (χ1) is 12.7. The number of hydrogen-bond acceptors (Lipinski definition) is 6. The maximum atomic E-state index is 12.2. The van der Waals surface area contributed by atoms with Gasteiger partial charge in [0.15, 0.2) is 5.82 Å². The highest BCUT2D eigenvalue weighted by Crippen LogP contribution is 2.41. The molecule has 26 heavy (non-hydrogen) atoms. The molecule has 0 bridgehead atoms. The second-order valence-electron chi connectivity index (χ2n) is 6.12. The maximum absolute atomic E-state index is 12.2. The number of aryl methyl sites for hydroxylation is 1. The van der Waals surface area contributed by atoms with Crippen molar-refractivity contribution in [2.24, 2.45) is 7.05 Å². The van der Waals surface area contributed by atoms with Gasteiger partial charge >= 0.3 is 6.09 Å². The second-order valence-corrected chi connectivity index (χ2v) is 6.12. The van der Waals surface area contributed by atoms with E-state index >= 15 is 0 Å². The zero-order valence-electron chi connectivity index (χ0n) is 14.2. The monoisotopic (exact) mass is 350 g/mol. The van der Waals surface area contributed by atoms with Gasteiger partial charge in [0.2, 0.25) is 5.88 Å². The normalized spacial score (nSPS) is 13.3. The minimum atomic E-state index is -0.640. The summed E-state index contributed by atoms with van der Waals surface area (Å²) in [4.78, 5) is 20.8. The van der Waals surface area contributed by atoms with E-state index in [1.807, 2.05) is 24.3 Å². The number of hydrogen-bond donors (Lipinski definition) is 2. The third-order valence-corrected chi connectivity index (χ3v) is 3.95. The van der Waals surface area contributed by atoms with Gasteiger partial charge in [-0.25, -0.2) is 9.78 Å². The largest absolute Gasteiger partial charge is 0.419 e. The summed E-state index contributed by atoms with van der Waals surface area (Å²) in [5, 5.41) is 9.87. The van der Waals surface area contributed by atoms with E-state index in [0.29, 0.717) is 17.4 Å². The van der Waals surface area contributed by atoms with Crippen molar-refractivity contribution in [1.82, 2.24) is 19.7 Å². The van der Waals surface area contributed by atoms with Gasteiger partial charge in [-0.15, -0.1) is 0 Å². The molecule has 3 aromatic heterocycles. The van der Waals surface area contributed by atoms with Crippen LogP contribution in [-0.2, 0) is 7.05 Å². The summed E-state index contributed by atoms with van der Waals surface area (Å²) in [7, 11) is 1.77. The molecule has 0 aliphatic heterocycles. The highest BCUT2D eigenvalue weighted by molar-refractivity contribution is 5.86. The Hall–Kier alpha value is -3.42. The van der Waals surface area contributed by atoms with Crippen LogP contribution in [0, 0.1) is 0 Å². The first kappa shape index (κ1) is 16.1. The number of carbonyl (C=O) groups excluding carboxylic acids is 1. The van der Waals surface area contributed by atoms with Crippen molar-refractivity contribution in [3.05, 3.63) is 54.6 Å². The van der Waals surface area contributed by atoms with Crippen molar-refractivity contribution in [3.8, 4) is 5.88 Å². The van der Waals surface area contributed by atoms with Crippen molar-refractivity contribution < 1.29 is 9.53 Å². The van der Waals surface area contributed by atoms with Crippen LogP contribution in [0.15, 0.2) is 48.9 Å². The molecule has 132 valence electrons. The van der Waals surface area contributed by atoms with Gasteiger partial charge < -0.3 is 10.1 Å². The van der Waals surface area contributed by atoms with Gasteiger partial charge in [0, 0.05) is 37.1 Å². The third-order valence-electron chi connectivity index (χ3n) is 3.95. The number of nitrogens with one attached hydrogen (secondary N) is 2. The Morgan fingerprint density at radius 2 is 2.15 bits per heavy atom. The lowest BCUT2D eigenvalue weighted by molar-refractivity contribution is 0.213. The van der Waals surface area contributed by atoms with Gasteiger partial charge in [-0.3, -0.25) is 15.0 Å². The topological polar surface area (TPSA) is 94.0 Å². The molecule has 0 aromatic carbocycles. The summed E-state index contributed by atoms with van der Waals surface area (Å²) in [6.45, 7) is 0. The van der Waals surface area contributed by atoms with Gasteiger partial charge in [-0.2, -0.15) is 5.10 Å². The third kappa shape index (κ3) is 3.80. The molecule has 4 rings (SSSR count). The van der Waals surface area contributed by atoms with E-state index in [4.69, 9.17) is 4.74 Å². The molecule has 1 amide bonds. The molecule has 0 radical (unpaired) electrons. The van der Waals surface area contributed by atoms with E-state index in [1.165, 1.54) is 0 Å². The number of amides is 1. The van der Waals surface area contributed by atoms with Crippen molar-refractivity contribution in [1.29, 1.82) is 0 Å². The fraction of sp³-hybridized carbons (Fsp3) is 0.222. The number of carbonyl (C=O) groups is 1. The van der Waals surface area contributed by atoms with E-state index in [9.17, 15) is 4.79 Å². The SMILES string of the molecule is Cn1ccc(NC(=O)Oc2nc(C3CC3)ccc2Nc2cccnc2)n1. The lowest BCUT2D eigenvalue weighted by Gasteiger charge is -2.12. The van der Waals surface area contributed by atoms with Crippen LogP contribution in [-0.4, -0.2) is 25.8 Å². The highest BCUT2D eigenvalue weighted by Gasteiger charge is 2.26. The Morgan fingerprint density at radius 3 is 2.85 bits per heavy atom. The number of nitrogens with zero attached hydrogens (tertiary/aromatic N) is 4. The molecule has 8 nitrogen and oxygen atoms in total. The summed E-state index contributed by atoms with van der Waals surface area (Å²) in [6, 6.07) is 9.21. The van der Waals surface area contributed by atoms with Crippen molar-refractivity contribution in [3.63, 3.8) is 0 Å². The van der Waals surface area contributed by atoms with Crippen LogP contribution in [0.1, 0.15) is 24.5 Å². The van der Waals surface area contributed by atoms with Crippen LogP contribution >= 0.6 is 0 Å². The Morgan fingerprint density at radius 1 is 1.27 bits per heavy atom. The molecule has 3 aromatic rings. The minimum Gasteiger partial charge on any atom is -0.389 e. The molecule has 0 atom stereocenters. The minimum absolute atomic E-state index is 0.228. The molecule has 0 spiro atoms. The van der Waals surface area contributed by atoms with Crippen molar-refractivity contribution in [2.75, 3.05) is 10.6 Å². The number of rotatable bonds is 5. The predicted molar refractivity (Wildman–Crippen MR) is 96.6 cm³/mol. The summed E-state index contributed by atoms with van der Waals surface area (Å²) in [5.41, 5.74) is 2.31. The number of pyridine rings is 2. The molecular weight excluding hydrogens is 332 g/mol.